The van der Waals surface area contributed by atoms with Gasteiger partial charge >= 0.3 is 23.1 Å². The molecule has 0 aliphatic carbocycles. The van der Waals surface area contributed by atoms with Crippen molar-refractivity contribution in [1.82, 2.24) is 0 Å². The second-order valence-electron chi connectivity index (χ2n) is 10.1. The van der Waals surface area contributed by atoms with E-state index < -0.39 is 0 Å². The van der Waals surface area contributed by atoms with Crippen molar-refractivity contribution in [3.05, 3.63) is 12.3 Å². The van der Waals surface area contributed by atoms with Crippen LogP contribution >= 0.6 is 0 Å². The first kappa shape index (κ1) is 35.1. The molecule has 4 radical (unpaired) electrons. The van der Waals surface area contributed by atoms with Crippen LogP contribution in [0.3, 0.4) is 0 Å². The van der Waals surface area contributed by atoms with Gasteiger partial charge in [0, 0.05) is 20.1 Å². The molecule has 30 heavy (non-hydrogen) atoms. The molecule has 0 saturated carbocycles. The van der Waals surface area contributed by atoms with Crippen LogP contribution in [-0.4, -0.2) is 56.7 Å². The summed E-state index contributed by atoms with van der Waals surface area (Å²) in [5.74, 6) is 0. The van der Waals surface area contributed by atoms with E-state index in [2.05, 4.69) is 0 Å². The minimum atomic E-state index is -0.188. The van der Waals surface area contributed by atoms with Crippen LogP contribution in [0.1, 0.15) is 83.1 Å². The molecule has 0 spiro atoms. The second-order valence-corrected chi connectivity index (χ2v) is 10.1. The van der Waals surface area contributed by atoms with Crippen molar-refractivity contribution in [2.45, 2.75) is 117 Å². The van der Waals surface area contributed by atoms with Gasteiger partial charge in [0.15, 0.2) is 0 Å². The smallest absolute Gasteiger partial charge is 0.488 e. The molecular weight excluding hydrogens is 565 g/mol. The molecule has 178 valence electrons. The van der Waals surface area contributed by atoms with E-state index in [-0.39, 0.29) is 66.0 Å². The maximum absolute atomic E-state index is 5.21. The zero-order valence-electron chi connectivity index (χ0n) is 20.7. The van der Waals surface area contributed by atoms with Gasteiger partial charge in [-0.25, -0.2) is 0 Å². The normalized spacial score (nSPS) is 26.8. The van der Waals surface area contributed by atoms with Crippen LogP contribution in [-0.2, 0) is 48.0 Å². The third-order valence-electron chi connectivity index (χ3n) is 6.41. The van der Waals surface area contributed by atoms with Crippen LogP contribution < -0.4 is 0 Å². The van der Waals surface area contributed by atoms with Crippen molar-refractivity contribution in [2.24, 2.45) is 0 Å². The van der Waals surface area contributed by atoms with Crippen molar-refractivity contribution in [1.29, 1.82) is 0 Å². The molecule has 0 aromatic carbocycles. The van der Waals surface area contributed by atoms with Crippen molar-refractivity contribution in [2.75, 3.05) is 0 Å². The molecule has 4 N–H and O–H groups in total. The molecule has 3 heterocycles. The van der Waals surface area contributed by atoms with Crippen LogP contribution in [0.15, 0.2) is 0 Å². The third-order valence-corrected chi connectivity index (χ3v) is 6.41. The molecule has 0 aromatic heterocycles. The first-order valence-corrected chi connectivity index (χ1v) is 9.39. The van der Waals surface area contributed by atoms with Gasteiger partial charge in [-0.1, -0.05) is 0 Å². The van der Waals surface area contributed by atoms with Crippen LogP contribution in [0, 0.1) is 0 Å². The molecule has 3 aliphatic rings. The molecule has 12 heteroatoms. The molecule has 0 amide bonds. The van der Waals surface area contributed by atoms with Gasteiger partial charge in [0.2, 0.25) is 0 Å². The Hall–Kier alpha value is 0.524. The summed E-state index contributed by atoms with van der Waals surface area (Å²) in [5, 5.41) is 0. The van der Waals surface area contributed by atoms with E-state index in [0.29, 0.717) is 0 Å². The largest absolute Gasteiger partial charge is 0.693 e. The van der Waals surface area contributed by atoms with E-state index in [1.165, 1.54) is 23.1 Å². The quantitative estimate of drug-likeness (QED) is 0.366. The number of hydrogen-bond acceptors (Lipinski definition) is 6. The van der Waals surface area contributed by atoms with Crippen molar-refractivity contribution < 1.29 is 48.0 Å². The minimum Gasteiger partial charge on any atom is -0.693 e. The molecule has 0 aromatic rings. The van der Waals surface area contributed by atoms with E-state index in [1.54, 1.807) is 0 Å². The van der Waals surface area contributed by atoms with Crippen LogP contribution in [0.25, 0.3) is 12.3 Å². The predicted octanol–water partition coefficient (Wildman–Crippen LogP) is 4.81. The molecule has 3 rings (SSSR count). The summed E-state index contributed by atoms with van der Waals surface area (Å²) >= 11 is 0. The van der Waals surface area contributed by atoms with Gasteiger partial charge < -0.3 is 40.2 Å². The third kappa shape index (κ3) is 8.14. The number of nitrogens with two attached hydrogens (primary N) is 2. The maximum Gasteiger partial charge on any atom is 0.488 e. The second kappa shape index (κ2) is 11.6. The van der Waals surface area contributed by atoms with Gasteiger partial charge in [0.1, 0.15) is 0 Å². The molecule has 3 fully saturated rings. The van der Waals surface area contributed by atoms with Crippen molar-refractivity contribution in [3.63, 3.8) is 0 Å². The van der Waals surface area contributed by atoms with Gasteiger partial charge in [0.05, 0.1) is 33.6 Å². The van der Waals surface area contributed by atoms with Gasteiger partial charge in [-0.15, -0.1) is 0 Å². The zero-order chi connectivity index (χ0) is 21.4. The monoisotopic (exact) mass is 606 g/mol. The summed E-state index contributed by atoms with van der Waals surface area (Å²) in [7, 11) is 4.25. The number of rotatable bonds is 0. The van der Waals surface area contributed by atoms with Gasteiger partial charge in [-0.2, -0.15) is 0 Å². The summed E-state index contributed by atoms with van der Waals surface area (Å²) in [6, 6.07) is 0. The topological polar surface area (TPSA) is 122 Å². The van der Waals surface area contributed by atoms with E-state index >= 15 is 0 Å². The first-order chi connectivity index (χ1) is 11.9. The average Bonchev–Trinajstić information content (AvgIpc) is 2.94. The predicted molar refractivity (Wildman–Crippen MR) is 119 cm³/mol. The Morgan fingerprint density at radius 2 is 0.433 bits per heavy atom. The summed E-state index contributed by atoms with van der Waals surface area (Å²) in [4.78, 5) is 0. The Morgan fingerprint density at radius 3 is 0.467 bits per heavy atom. The minimum absolute atomic E-state index is 0. The molecule has 3 aliphatic heterocycles. The maximum atomic E-state index is 5.21. The zero-order valence-corrected chi connectivity index (χ0v) is 23.1. The van der Waals surface area contributed by atoms with Gasteiger partial charge in [-0.05, 0) is 83.1 Å². The molecule has 3 saturated heterocycles. The first-order valence-electron chi connectivity index (χ1n) is 9.39. The Morgan fingerprint density at radius 1 is 0.333 bits per heavy atom. The standard InChI is InChI=1S/3C6H12BO2.Ir.2H2N/c3*1-5(2)6(3,4)9-7-8-5;;;/h3*1-4H3;;2*1H2/q;;;;2*-1. The molecule has 0 bridgehead atoms. The van der Waals surface area contributed by atoms with Crippen LogP contribution in [0.4, 0.5) is 0 Å². The number of hydrogen-bond donors (Lipinski definition) is 0. The Labute approximate surface area is 200 Å². The van der Waals surface area contributed by atoms with E-state index in [4.69, 9.17) is 27.9 Å². The van der Waals surface area contributed by atoms with Gasteiger partial charge in [-0.3, -0.25) is 0 Å². The Balaban J connectivity index is -0.000000347. The summed E-state index contributed by atoms with van der Waals surface area (Å²) in [6.45, 7) is 24.1. The van der Waals surface area contributed by atoms with E-state index in [1.807, 2.05) is 83.1 Å². The van der Waals surface area contributed by atoms with Crippen molar-refractivity contribution in [3.8, 4) is 0 Å². The fraction of sp³-hybridized carbons (Fsp3) is 1.00. The Kier molecular flexibility index (Phi) is 13.6. The van der Waals surface area contributed by atoms with Gasteiger partial charge in [0.25, 0.3) is 0 Å². The fourth-order valence-electron chi connectivity index (χ4n) is 1.65. The Bertz CT molecular complexity index is 407. The van der Waals surface area contributed by atoms with Crippen LogP contribution in [0.2, 0.25) is 0 Å². The average molecular weight is 605 g/mol. The molecule has 0 atom stereocenters. The molecule has 0 unspecified atom stereocenters. The summed E-state index contributed by atoms with van der Waals surface area (Å²) in [5.41, 5.74) is -1.12. The molecule has 8 nitrogen and oxygen atoms in total. The fourth-order valence-corrected chi connectivity index (χ4v) is 1.65. The molecular formula is C18H40B3IrN2O6-2. The summed E-state index contributed by atoms with van der Waals surface area (Å²) < 4.78 is 31.2. The van der Waals surface area contributed by atoms with E-state index in [0.717, 1.165) is 0 Å². The van der Waals surface area contributed by atoms with Crippen molar-refractivity contribution >= 4 is 23.1 Å². The SMILES string of the molecule is CC1(C)O[B]OC1(C)C.CC1(C)O[B]OC1(C)C.CC1(C)O[B]OC1(C)C.[Ir].[NH2-].[NH2-]. The van der Waals surface area contributed by atoms with Crippen LogP contribution in [0.5, 0.6) is 0 Å². The van der Waals surface area contributed by atoms with E-state index in [9.17, 15) is 0 Å². The summed E-state index contributed by atoms with van der Waals surface area (Å²) in [6.07, 6.45) is 0.